The van der Waals surface area contributed by atoms with Gasteiger partial charge >= 0.3 is 39.1 Å². The van der Waals surface area contributed by atoms with Gasteiger partial charge in [0.15, 0.2) is 10.5 Å². The molecule has 1 aromatic heterocycles. The Morgan fingerprint density at radius 1 is 0.625 bits per heavy atom. The molecular formula is C29H50N2O14P2S. The van der Waals surface area contributed by atoms with Crippen molar-refractivity contribution in [1.82, 2.24) is 4.98 Å². The molecule has 0 spiro atoms. The third kappa shape index (κ3) is 14.6. The van der Waals surface area contributed by atoms with E-state index in [1.165, 1.54) is 6.20 Å². The van der Waals surface area contributed by atoms with E-state index in [4.69, 9.17) is 37.0 Å². The smallest absolute Gasteiger partial charge is 0.353 e. The molecule has 0 saturated heterocycles. The Morgan fingerprint density at radius 3 is 1.15 bits per heavy atom. The fourth-order valence-electron chi connectivity index (χ4n) is 2.78. The van der Waals surface area contributed by atoms with E-state index < -0.39 is 99.8 Å². The SMILES string of the molecule is CC(C)(C)C(=O)OCOP(=O)(OCOC(=O)C(C)(C)C)C(CNc1nccs1)P(=O)(OCOC(=O)C(C)(C)C)OCOC(=O)C(C)(C)C. The van der Waals surface area contributed by atoms with Crippen molar-refractivity contribution in [3.05, 3.63) is 11.6 Å². The molecule has 0 aliphatic carbocycles. The molecule has 276 valence electrons. The maximum atomic E-state index is 14.7. The zero-order valence-corrected chi connectivity index (χ0v) is 32.3. The Hall–Kier alpha value is -2.39. The number of hydrogen-bond acceptors (Lipinski definition) is 17. The molecule has 0 fully saturated rings. The summed E-state index contributed by atoms with van der Waals surface area (Å²) < 4.78 is 71.9. The molecule has 0 atom stereocenters. The second-order valence-electron chi connectivity index (χ2n) is 14.5. The first kappa shape index (κ1) is 43.6. The topological polar surface area (TPSA) is 201 Å². The molecule has 0 aromatic carbocycles. The number of thiazole rings is 1. The van der Waals surface area contributed by atoms with Gasteiger partial charge in [-0.05, 0) is 83.1 Å². The van der Waals surface area contributed by atoms with Crippen LogP contribution in [0.25, 0.3) is 0 Å². The molecule has 0 amide bonds. The van der Waals surface area contributed by atoms with E-state index in [1.54, 1.807) is 88.5 Å². The number of nitrogens with one attached hydrogen (secondary N) is 1. The molecular weight excluding hydrogens is 694 g/mol. The van der Waals surface area contributed by atoms with E-state index in [9.17, 15) is 28.3 Å². The van der Waals surface area contributed by atoms with E-state index >= 15 is 0 Å². The largest absolute Gasteiger partial charge is 0.438 e. The Bertz CT molecular complexity index is 1170. The summed E-state index contributed by atoms with van der Waals surface area (Å²) in [4.78, 5) is 53.9. The minimum absolute atomic E-state index is 0.287. The number of esters is 4. The van der Waals surface area contributed by atoms with Gasteiger partial charge in [0, 0.05) is 18.1 Å². The van der Waals surface area contributed by atoms with Crippen LogP contribution in [0.4, 0.5) is 5.13 Å². The van der Waals surface area contributed by atoms with Crippen LogP contribution in [0.1, 0.15) is 83.1 Å². The van der Waals surface area contributed by atoms with E-state index in [0.29, 0.717) is 0 Å². The van der Waals surface area contributed by atoms with Gasteiger partial charge in [0.1, 0.15) is 0 Å². The number of anilines is 1. The zero-order valence-electron chi connectivity index (χ0n) is 29.7. The van der Waals surface area contributed by atoms with Crippen molar-refractivity contribution in [2.75, 3.05) is 39.0 Å². The molecule has 16 nitrogen and oxygen atoms in total. The van der Waals surface area contributed by atoms with Gasteiger partial charge in [-0.25, -0.2) is 4.98 Å². The molecule has 0 saturated carbocycles. The zero-order chi connectivity index (χ0) is 37.2. The van der Waals surface area contributed by atoms with Crippen molar-refractivity contribution < 1.29 is 65.4 Å². The summed E-state index contributed by atoms with van der Waals surface area (Å²) in [5, 5.41) is 2.81. The molecule has 48 heavy (non-hydrogen) atoms. The van der Waals surface area contributed by atoms with Gasteiger partial charge in [0.25, 0.3) is 0 Å². The third-order valence-corrected chi connectivity index (χ3v) is 11.9. The first-order valence-corrected chi connectivity index (χ1v) is 18.9. The van der Waals surface area contributed by atoms with Crippen LogP contribution in [0, 0.1) is 21.7 Å². The number of carbonyl (C=O) groups excluding carboxylic acids is 4. The molecule has 1 N–H and O–H groups in total. The maximum Gasteiger partial charge on any atom is 0.353 e. The molecule has 0 aliphatic heterocycles. The van der Waals surface area contributed by atoms with Gasteiger partial charge in [-0.1, -0.05) is 0 Å². The summed E-state index contributed by atoms with van der Waals surface area (Å²) in [6, 6.07) is 0. The predicted octanol–water partition coefficient (Wildman–Crippen LogP) is 6.52. The van der Waals surface area contributed by atoms with Crippen molar-refractivity contribution in [2.45, 2.75) is 88.5 Å². The van der Waals surface area contributed by atoms with E-state index in [1.807, 2.05) is 0 Å². The van der Waals surface area contributed by atoms with Crippen molar-refractivity contribution >= 4 is 55.5 Å². The highest BCUT2D eigenvalue weighted by Crippen LogP contribution is 2.70. The molecule has 1 heterocycles. The lowest BCUT2D eigenvalue weighted by molar-refractivity contribution is -0.163. The molecule has 1 aromatic rings. The lowest BCUT2D eigenvalue weighted by Gasteiger charge is -2.32. The fourth-order valence-corrected chi connectivity index (χ4v) is 7.77. The van der Waals surface area contributed by atoms with E-state index in [-0.39, 0.29) is 5.13 Å². The minimum Gasteiger partial charge on any atom is -0.438 e. The Balaban J connectivity index is 3.63. The van der Waals surface area contributed by atoms with Gasteiger partial charge in [0.2, 0.25) is 27.2 Å². The Labute approximate surface area is 286 Å². The summed E-state index contributed by atoms with van der Waals surface area (Å²) >= 11 is 1.14. The van der Waals surface area contributed by atoms with Gasteiger partial charge in [-0.3, -0.25) is 46.4 Å². The van der Waals surface area contributed by atoms with Crippen LogP contribution in [0.5, 0.6) is 0 Å². The molecule has 0 unspecified atom stereocenters. The number of ether oxygens (including phenoxy) is 4. The first-order chi connectivity index (χ1) is 21.7. The van der Waals surface area contributed by atoms with Gasteiger partial charge in [0.05, 0.1) is 21.7 Å². The number of nitrogens with zero attached hydrogens (tertiary/aromatic N) is 1. The highest BCUT2D eigenvalue weighted by atomic mass is 32.1. The predicted molar refractivity (Wildman–Crippen MR) is 176 cm³/mol. The average Bonchev–Trinajstić information content (AvgIpc) is 3.44. The van der Waals surface area contributed by atoms with E-state index in [2.05, 4.69) is 10.3 Å². The normalized spacial score (nSPS) is 13.2. The lowest BCUT2D eigenvalue weighted by Crippen LogP contribution is -2.30. The highest BCUT2D eigenvalue weighted by Gasteiger charge is 2.53. The van der Waals surface area contributed by atoms with Crippen molar-refractivity contribution in [1.29, 1.82) is 0 Å². The second kappa shape index (κ2) is 17.5. The van der Waals surface area contributed by atoms with Crippen LogP contribution in [0.15, 0.2) is 11.6 Å². The van der Waals surface area contributed by atoms with Crippen molar-refractivity contribution in [2.24, 2.45) is 21.7 Å². The number of hydrogen-bond donors (Lipinski definition) is 1. The number of aromatic nitrogens is 1. The Kier molecular flexibility index (Phi) is 15.9. The summed E-state index contributed by atoms with van der Waals surface area (Å²) in [7, 11) is -9.83. The highest BCUT2D eigenvalue weighted by molar-refractivity contribution is 7.72. The summed E-state index contributed by atoms with van der Waals surface area (Å²) in [6.07, 6.45) is 1.47. The quantitative estimate of drug-likeness (QED) is 0.0781. The number of carbonyl (C=O) groups is 4. The molecule has 19 heteroatoms. The lowest BCUT2D eigenvalue weighted by atomic mass is 9.98. The molecule has 0 aliphatic rings. The van der Waals surface area contributed by atoms with Crippen LogP contribution >= 0.6 is 26.5 Å². The van der Waals surface area contributed by atoms with Crippen molar-refractivity contribution in [3.8, 4) is 0 Å². The van der Waals surface area contributed by atoms with Crippen LogP contribution in [0.2, 0.25) is 0 Å². The molecule has 0 bridgehead atoms. The van der Waals surface area contributed by atoms with Crippen molar-refractivity contribution in [3.63, 3.8) is 0 Å². The average molecular weight is 745 g/mol. The number of rotatable bonds is 17. The van der Waals surface area contributed by atoms with Gasteiger partial charge < -0.3 is 24.3 Å². The Morgan fingerprint density at radius 2 is 0.917 bits per heavy atom. The van der Waals surface area contributed by atoms with Gasteiger partial charge in [-0.2, -0.15) is 0 Å². The summed E-state index contributed by atoms with van der Waals surface area (Å²) in [5.74, 6) is -2.93. The standard InChI is InChI=1S/C29H50N2O14P2S/c1-26(2,3)21(32)38-16-42-46(36,43-17-39-22(33)27(4,5)6)20(15-31-25-30-13-14-48-25)47(37,44-18-40-23(34)28(7,8)9)45-19-41-24(35)29(10,11)12/h13-14,20H,15-19H2,1-12H3,(H,30,31). The molecule has 1 rings (SSSR count). The maximum absolute atomic E-state index is 14.7. The van der Waals surface area contributed by atoms with Crippen LogP contribution in [-0.4, -0.2) is 68.0 Å². The van der Waals surface area contributed by atoms with E-state index in [0.717, 1.165) is 11.3 Å². The molecule has 0 radical (unpaired) electrons. The van der Waals surface area contributed by atoms with Gasteiger partial charge in [-0.15, -0.1) is 11.3 Å². The summed E-state index contributed by atoms with van der Waals surface area (Å²) in [5.41, 5.74) is -3.90. The van der Waals surface area contributed by atoms with Crippen LogP contribution in [0.3, 0.4) is 0 Å². The second-order valence-corrected chi connectivity index (χ2v) is 20.2. The monoisotopic (exact) mass is 744 g/mol. The fraction of sp³-hybridized carbons (Fsp3) is 0.759. The van der Waals surface area contributed by atoms with Crippen LogP contribution in [-0.2, 0) is 65.4 Å². The minimum atomic E-state index is -4.91. The van der Waals surface area contributed by atoms with Crippen LogP contribution < -0.4 is 5.32 Å². The summed E-state index contributed by atoms with van der Waals surface area (Å²) in [6.45, 7) is 14.5. The first-order valence-electron chi connectivity index (χ1n) is 14.8. The third-order valence-electron chi connectivity index (χ3n) is 5.74.